The van der Waals surface area contributed by atoms with Gasteiger partial charge in [0.05, 0.1) is 5.92 Å². The molecule has 3 rings (SSSR count). The molecule has 1 heterocycles. The molecule has 0 saturated carbocycles. The molecule has 1 aliphatic rings. The number of benzene rings is 2. The van der Waals surface area contributed by atoms with Gasteiger partial charge >= 0.3 is 5.97 Å². The van der Waals surface area contributed by atoms with Crippen LogP contribution in [0.1, 0.15) is 30.4 Å². The molecule has 3 nitrogen and oxygen atoms in total. The van der Waals surface area contributed by atoms with Gasteiger partial charge in [-0.3, -0.25) is 4.79 Å². The second-order valence-electron chi connectivity index (χ2n) is 6.76. The highest BCUT2D eigenvalue weighted by atomic mass is 19.1. The van der Waals surface area contributed by atoms with Crippen LogP contribution in [0.15, 0.2) is 60.7 Å². The summed E-state index contributed by atoms with van der Waals surface area (Å²) in [6, 6.07) is 16.6. The Kier molecular flexibility index (Phi) is 6.18. The number of carbonyl (C=O) groups is 1. The molecule has 136 valence electrons. The summed E-state index contributed by atoms with van der Waals surface area (Å²) in [4.78, 5) is 13.4. The van der Waals surface area contributed by atoms with Crippen molar-refractivity contribution in [3.63, 3.8) is 0 Å². The van der Waals surface area contributed by atoms with Gasteiger partial charge in [-0.25, -0.2) is 4.39 Å². The monoisotopic (exact) mass is 353 g/mol. The van der Waals surface area contributed by atoms with Crippen LogP contribution in [-0.2, 0) is 4.79 Å². The largest absolute Gasteiger partial charge is 0.481 e. The average molecular weight is 353 g/mol. The van der Waals surface area contributed by atoms with Crippen LogP contribution in [0.4, 0.5) is 4.39 Å². The summed E-state index contributed by atoms with van der Waals surface area (Å²) in [5.74, 6) is -1.19. The van der Waals surface area contributed by atoms with E-state index in [0.29, 0.717) is 6.54 Å². The van der Waals surface area contributed by atoms with Gasteiger partial charge in [0.25, 0.3) is 0 Å². The molecular weight excluding hydrogens is 329 g/mol. The standard InChI is InChI=1S/C22H24FNO2/c23-20-12-10-18(11-13-20)21(17-6-2-1-3-7-17)9-5-15-24-14-4-8-19(16-24)22(25)26/h1-3,6-7,9-13,19H,4-5,8,14-16H2,(H,25,26)/b21-9-. The van der Waals surface area contributed by atoms with Crippen LogP contribution in [0, 0.1) is 11.7 Å². The number of carboxylic acid groups (broad SMARTS) is 1. The Morgan fingerprint density at radius 1 is 1.12 bits per heavy atom. The first-order valence-corrected chi connectivity index (χ1v) is 9.10. The third-order valence-corrected chi connectivity index (χ3v) is 4.89. The highest BCUT2D eigenvalue weighted by molar-refractivity contribution is 5.79. The smallest absolute Gasteiger partial charge is 0.307 e. The van der Waals surface area contributed by atoms with E-state index in [1.165, 1.54) is 12.1 Å². The van der Waals surface area contributed by atoms with E-state index in [9.17, 15) is 14.3 Å². The van der Waals surface area contributed by atoms with Crippen molar-refractivity contribution in [2.75, 3.05) is 19.6 Å². The molecule has 0 bridgehead atoms. The molecule has 0 aromatic heterocycles. The van der Waals surface area contributed by atoms with Crippen molar-refractivity contribution in [3.8, 4) is 0 Å². The molecule has 1 unspecified atom stereocenters. The lowest BCUT2D eigenvalue weighted by Gasteiger charge is -2.30. The van der Waals surface area contributed by atoms with Gasteiger partial charge in [-0.1, -0.05) is 48.5 Å². The molecule has 1 N–H and O–H groups in total. The maximum absolute atomic E-state index is 13.3. The second-order valence-corrected chi connectivity index (χ2v) is 6.76. The van der Waals surface area contributed by atoms with Gasteiger partial charge < -0.3 is 10.0 Å². The lowest BCUT2D eigenvalue weighted by molar-refractivity contribution is -0.143. The van der Waals surface area contributed by atoms with Crippen molar-refractivity contribution in [1.82, 2.24) is 4.90 Å². The van der Waals surface area contributed by atoms with E-state index in [0.717, 1.165) is 49.1 Å². The fraction of sp³-hybridized carbons (Fsp3) is 0.318. The van der Waals surface area contributed by atoms with Crippen LogP contribution in [-0.4, -0.2) is 35.6 Å². The molecular formula is C22H24FNO2. The number of rotatable bonds is 6. The maximum atomic E-state index is 13.3. The zero-order chi connectivity index (χ0) is 18.4. The van der Waals surface area contributed by atoms with E-state index in [-0.39, 0.29) is 11.7 Å². The van der Waals surface area contributed by atoms with Crippen LogP contribution in [0.2, 0.25) is 0 Å². The predicted octanol–water partition coefficient (Wildman–Crippen LogP) is 4.44. The number of hydrogen-bond donors (Lipinski definition) is 1. The van der Waals surface area contributed by atoms with E-state index in [1.54, 1.807) is 12.1 Å². The van der Waals surface area contributed by atoms with Crippen molar-refractivity contribution < 1.29 is 14.3 Å². The number of nitrogens with zero attached hydrogens (tertiary/aromatic N) is 1. The first-order chi connectivity index (χ1) is 12.6. The predicted molar refractivity (Wildman–Crippen MR) is 101 cm³/mol. The molecule has 4 heteroatoms. The van der Waals surface area contributed by atoms with Gasteiger partial charge in [-0.15, -0.1) is 0 Å². The fourth-order valence-corrected chi connectivity index (χ4v) is 3.50. The second kappa shape index (κ2) is 8.77. The van der Waals surface area contributed by atoms with Gasteiger partial charge in [0.15, 0.2) is 0 Å². The summed E-state index contributed by atoms with van der Waals surface area (Å²) in [7, 11) is 0. The minimum atomic E-state index is -0.693. The number of likely N-dealkylation sites (tertiary alicyclic amines) is 1. The Balaban J connectivity index is 1.73. The summed E-state index contributed by atoms with van der Waals surface area (Å²) in [5.41, 5.74) is 3.17. The van der Waals surface area contributed by atoms with Crippen LogP contribution in [0.5, 0.6) is 0 Å². The first-order valence-electron chi connectivity index (χ1n) is 9.10. The Labute approximate surface area is 153 Å². The van der Waals surface area contributed by atoms with Crippen LogP contribution >= 0.6 is 0 Å². The minimum Gasteiger partial charge on any atom is -0.481 e. The number of piperidine rings is 1. The molecule has 1 atom stereocenters. The zero-order valence-corrected chi connectivity index (χ0v) is 14.8. The zero-order valence-electron chi connectivity index (χ0n) is 14.8. The molecule has 1 fully saturated rings. The normalized spacial score (nSPS) is 18.7. The Hall–Kier alpha value is -2.46. The summed E-state index contributed by atoms with van der Waals surface area (Å²) in [6.07, 6.45) is 4.71. The van der Waals surface area contributed by atoms with Crippen LogP contribution in [0.3, 0.4) is 0 Å². The van der Waals surface area contributed by atoms with Crippen molar-refractivity contribution in [1.29, 1.82) is 0 Å². The molecule has 2 aromatic carbocycles. The third-order valence-electron chi connectivity index (χ3n) is 4.89. The van der Waals surface area contributed by atoms with E-state index >= 15 is 0 Å². The molecule has 0 spiro atoms. The van der Waals surface area contributed by atoms with Gasteiger partial charge in [0.2, 0.25) is 0 Å². The van der Waals surface area contributed by atoms with Crippen LogP contribution in [0.25, 0.3) is 5.57 Å². The SMILES string of the molecule is O=C(O)C1CCCN(CC/C=C(/c2ccccc2)c2ccc(F)cc2)C1. The minimum absolute atomic E-state index is 0.241. The lowest BCUT2D eigenvalue weighted by Crippen LogP contribution is -2.39. The summed E-state index contributed by atoms with van der Waals surface area (Å²) in [5, 5.41) is 9.22. The Morgan fingerprint density at radius 2 is 1.81 bits per heavy atom. The van der Waals surface area contributed by atoms with Crippen molar-refractivity contribution >= 4 is 11.5 Å². The highest BCUT2D eigenvalue weighted by Gasteiger charge is 2.24. The molecule has 0 radical (unpaired) electrons. The fourth-order valence-electron chi connectivity index (χ4n) is 3.50. The summed E-state index contributed by atoms with van der Waals surface area (Å²) >= 11 is 0. The molecule has 0 aliphatic carbocycles. The Morgan fingerprint density at radius 3 is 2.50 bits per heavy atom. The molecule has 26 heavy (non-hydrogen) atoms. The van der Waals surface area contributed by atoms with Gasteiger partial charge in [0, 0.05) is 13.1 Å². The third kappa shape index (κ3) is 4.79. The summed E-state index contributed by atoms with van der Waals surface area (Å²) < 4.78 is 13.3. The first kappa shape index (κ1) is 18.3. The van der Waals surface area contributed by atoms with Crippen LogP contribution < -0.4 is 0 Å². The molecule has 2 aromatic rings. The maximum Gasteiger partial charge on any atom is 0.307 e. The number of halogens is 1. The molecule has 1 saturated heterocycles. The number of hydrogen-bond acceptors (Lipinski definition) is 2. The average Bonchev–Trinajstić information content (AvgIpc) is 2.67. The quantitative estimate of drug-likeness (QED) is 0.834. The van der Waals surface area contributed by atoms with E-state index in [4.69, 9.17) is 0 Å². The highest BCUT2D eigenvalue weighted by Crippen LogP contribution is 2.25. The van der Waals surface area contributed by atoms with Crippen molar-refractivity contribution in [2.24, 2.45) is 5.92 Å². The van der Waals surface area contributed by atoms with Gasteiger partial charge in [-0.05, 0) is 54.6 Å². The van der Waals surface area contributed by atoms with Crippen molar-refractivity contribution in [3.05, 3.63) is 77.6 Å². The van der Waals surface area contributed by atoms with E-state index in [2.05, 4.69) is 23.1 Å². The molecule has 1 aliphatic heterocycles. The van der Waals surface area contributed by atoms with Gasteiger partial charge in [0.1, 0.15) is 5.82 Å². The molecule has 0 amide bonds. The van der Waals surface area contributed by atoms with Crippen molar-refractivity contribution in [2.45, 2.75) is 19.3 Å². The van der Waals surface area contributed by atoms with Gasteiger partial charge in [-0.2, -0.15) is 0 Å². The van der Waals surface area contributed by atoms with E-state index < -0.39 is 5.97 Å². The number of aliphatic carboxylic acids is 1. The van der Waals surface area contributed by atoms with E-state index in [1.807, 2.05) is 18.2 Å². The topological polar surface area (TPSA) is 40.5 Å². The number of carboxylic acids is 1. The summed E-state index contributed by atoms with van der Waals surface area (Å²) in [6.45, 7) is 2.41. The lowest BCUT2D eigenvalue weighted by atomic mass is 9.96. The Bertz CT molecular complexity index is 755.